The van der Waals surface area contributed by atoms with Crippen LogP contribution in [-0.4, -0.2) is 10.1 Å². The van der Waals surface area contributed by atoms with Gasteiger partial charge in [-0.15, -0.1) is 0 Å². The third-order valence-electron chi connectivity index (χ3n) is 2.43. The van der Waals surface area contributed by atoms with Crippen molar-refractivity contribution in [2.45, 2.75) is 0 Å². The second-order valence-electron chi connectivity index (χ2n) is 3.37. The van der Waals surface area contributed by atoms with Gasteiger partial charge in [-0.2, -0.15) is 5.16 Å². The first kappa shape index (κ1) is 8.84. The van der Waals surface area contributed by atoms with E-state index in [2.05, 4.69) is 10.1 Å². The van der Waals surface area contributed by atoms with Crippen LogP contribution < -0.4 is 11.0 Å². The minimum absolute atomic E-state index is 0.268. The average Bonchev–Trinajstić information content (AvgIpc) is 2.33. The SMILES string of the molecule is O=c1[nH]oc2c(ccc3ncccc32)c1=O. The van der Waals surface area contributed by atoms with Gasteiger partial charge in [0, 0.05) is 11.6 Å². The van der Waals surface area contributed by atoms with E-state index >= 15 is 0 Å². The molecular formula is C11H6N2O3. The first-order chi connectivity index (χ1) is 7.77. The minimum atomic E-state index is -0.754. The van der Waals surface area contributed by atoms with Crippen molar-refractivity contribution in [3.63, 3.8) is 0 Å². The van der Waals surface area contributed by atoms with Crippen LogP contribution in [0.4, 0.5) is 0 Å². The lowest BCUT2D eigenvalue weighted by molar-refractivity contribution is 0.432. The highest BCUT2D eigenvalue weighted by atomic mass is 16.5. The third-order valence-corrected chi connectivity index (χ3v) is 2.43. The number of pyridine rings is 1. The quantitative estimate of drug-likeness (QED) is 0.448. The maximum Gasteiger partial charge on any atom is 0.325 e. The molecule has 0 radical (unpaired) electrons. The van der Waals surface area contributed by atoms with Crippen LogP contribution in [0.1, 0.15) is 0 Å². The Morgan fingerprint density at radius 2 is 2.00 bits per heavy atom. The molecule has 3 rings (SSSR count). The average molecular weight is 214 g/mol. The Morgan fingerprint density at radius 3 is 2.88 bits per heavy atom. The Kier molecular flexibility index (Phi) is 1.67. The Hall–Kier alpha value is -2.43. The molecule has 0 bridgehead atoms. The molecule has 0 atom stereocenters. The molecule has 2 heterocycles. The van der Waals surface area contributed by atoms with Crippen LogP contribution in [-0.2, 0) is 0 Å². The van der Waals surface area contributed by atoms with E-state index in [1.165, 1.54) is 0 Å². The monoisotopic (exact) mass is 214 g/mol. The normalized spacial score (nSPS) is 11.0. The van der Waals surface area contributed by atoms with Gasteiger partial charge < -0.3 is 4.52 Å². The summed E-state index contributed by atoms with van der Waals surface area (Å²) in [5, 5.41) is 3.03. The largest absolute Gasteiger partial charge is 0.378 e. The molecule has 2 aromatic heterocycles. The zero-order valence-electron chi connectivity index (χ0n) is 8.06. The van der Waals surface area contributed by atoms with Crippen LogP contribution in [0.5, 0.6) is 0 Å². The van der Waals surface area contributed by atoms with Crippen LogP contribution in [0.15, 0.2) is 44.6 Å². The molecule has 0 aliphatic carbocycles. The summed E-state index contributed by atoms with van der Waals surface area (Å²) in [7, 11) is 0. The molecule has 0 fully saturated rings. The van der Waals surface area contributed by atoms with Gasteiger partial charge in [0.1, 0.15) is 0 Å². The first-order valence-electron chi connectivity index (χ1n) is 4.66. The van der Waals surface area contributed by atoms with Gasteiger partial charge in [0.2, 0.25) is 0 Å². The molecule has 1 aromatic carbocycles. The van der Waals surface area contributed by atoms with Gasteiger partial charge in [0.15, 0.2) is 5.58 Å². The number of nitrogens with zero attached hydrogens (tertiary/aromatic N) is 1. The van der Waals surface area contributed by atoms with Crippen molar-refractivity contribution in [1.29, 1.82) is 0 Å². The summed E-state index contributed by atoms with van der Waals surface area (Å²) in [5.41, 5.74) is -0.275. The Balaban J connectivity index is 2.68. The fraction of sp³-hybridized carbons (Fsp3) is 0. The molecule has 1 N–H and O–H groups in total. The minimum Gasteiger partial charge on any atom is -0.378 e. The van der Waals surface area contributed by atoms with Gasteiger partial charge in [-0.3, -0.25) is 14.6 Å². The van der Waals surface area contributed by atoms with Crippen molar-refractivity contribution < 1.29 is 4.52 Å². The molecule has 5 nitrogen and oxygen atoms in total. The van der Waals surface area contributed by atoms with Crippen LogP contribution in [0.2, 0.25) is 0 Å². The van der Waals surface area contributed by atoms with Crippen LogP contribution in [0.25, 0.3) is 21.9 Å². The highest BCUT2D eigenvalue weighted by Crippen LogP contribution is 2.19. The smallest absolute Gasteiger partial charge is 0.325 e. The van der Waals surface area contributed by atoms with Gasteiger partial charge in [-0.25, -0.2) is 0 Å². The van der Waals surface area contributed by atoms with Gasteiger partial charge in [-0.1, -0.05) is 0 Å². The highest BCUT2D eigenvalue weighted by molar-refractivity contribution is 6.01. The van der Waals surface area contributed by atoms with E-state index in [1.54, 1.807) is 30.5 Å². The number of H-pyrrole nitrogens is 1. The lowest BCUT2D eigenvalue weighted by Crippen LogP contribution is -2.25. The second-order valence-corrected chi connectivity index (χ2v) is 3.37. The van der Waals surface area contributed by atoms with Crippen LogP contribution in [0, 0.1) is 0 Å². The van der Waals surface area contributed by atoms with Crippen LogP contribution in [0.3, 0.4) is 0 Å². The molecule has 5 heteroatoms. The predicted molar refractivity (Wildman–Crippen MR) is 58.4 cm³/mol. The maximum atomic E-state index is 11.5. The van der Waals surface area contributed by atoms with Gasteiger partial charge in [-0.05, 0) is 24.3 Å². The van der Waals surface area contributed by atoms with Gasteiger partial charge in [0.05, 0.1) is 10.9 Å². The fourth-order valence-corrected chi connectivity index (χ4v) is 1.68. The zero-order chi connectivity index (χ0) is 11.1. The summed E-state index contributed by atoms with van der Waals surface area (Å²) in [4.78, 5) is 26.8. The third kappa shape index (κ3) is 1.08. The Bertz CT molecular complexity index is 801. The molecule has 0 spiro atoms. The zero-order valence-corrected chi connectivity index (χ0v) is 8.06. The summed E-state index contributed by atoms with van der Waals surface area (Å²) >= 11 is 0. The molecule has 78 valence electrons. The van der Waals surface area contributed by atoms with Crippen molar-refractivity contribution in [1.82, 2.24) is 10.1 Å². The lowest BCUT2D eigenvalue weighted by atomic mass is 10.1. The highest BCUT2D eigenvalue weighted by Gasteiger charge is 2.08. The molecular weight excluding hydrogens is 208 g/mol. The number of hydrogen-bond acceptors (Lipinski definition) is 4. The Morgan fingerprint density at radius 1 is 1.12 bits per heavy atom. The fourth-order valence-electron chi connectivity index (χ4n) is 1.68. The molecule has 0 aliphatic heterocycles. The number of aromatic nitrogens is 2. The lowest BCUT2D eigenvalue weighted by Gasteiger charge is -1.99. The number of benzene rings is 1. The predicted octanol–water partition coefficient (Wildman–Crippen LogP) is 1.03. The number of nitrogens with one attached hydrogen (secondary N) is 1. The van der Waals surface area contributed by atoms with Crippen molar-refractivity contribution in [2.24, 2.45) is 0 Å². The van der Waals surface area contributed by atoms with Gasteiger partial charge in [0.25, 0.3) is 5.43 Å². The number of rotatable bonds is 0. The van der Waals surface area contributed by atoms with Crippen molar-refractivity contribution in [3.05, 3.63) is 51.0 Å². The first-order valence-corrected chi connectivity index (χ1v) is 4.66. The summed E-state index contributed by atoms with van der Waals surface area (Å²) in [6.45, 7) is 0. The Labute approximate surface area is 88.3 Å². The van der Waals surface area contributed by atoms with Crippen molar-refractivity contribution in [3.8, 4) is 0 Å². The molecule has 0 aliphatic rings. The van der Waals surface area contributed by atoms with E-state index in [1.807, 2.05) is 0 Å². The van der Waals surface area contributed by atoms with E-state index in [9.17, 15) is 9.59 Å². The standard InChI is InChI=1S/C11H6N2O3/c14-9-7-3-4-8-6(2-1-5-12-8)10(7)16-13-11(9)15/h1-5H,(H,13,15). The summed E-state index contributed by atoms with van der Waals surface area (Å²) in [5.74, 6) is 0. The summed E-state index contributed by atoms with van der Waals surface area (Å²) in [6, 6.07) is 6.76. The van der Waals surface area contributed by atoms with E-state index in [0.717, 1.165) is 0 Å². The van der Waals surface area contributed by atoms with E-state index in [4.69, 9.17) is 4.52 Å². The van der Waals surface area contributed by atoms with Crippen LogP contribution >= 0.6 is 0 Å². The van der Waals surface area contributed by atoms with E-state index < -0.39 is 11.0 Å². The molecule has 0 unspecified atom stereocenters. The number of fused-ring (bicyclic) bond motifs is 3. The molecule has 3 aromatic rings. The van der Waals surface area contributed by atoms with Crippen molar-refractivity contribution >= 4 is 21.9 Å². The molecule has 0 amide bonds. The number of aromatic amines is 1. The van der Waals surface area contributed by atoms with E-state index in [0.29, 0.717) is 16.5 Å². The van der Waals surface area contributed by atoms with Crippen molar-refractivity contribution in [2.75, 3.05) is 0 Å². The number of hydrogen-bond donors (Lipinski definition) is 1. The summed E-state index contributed by atoms with van der Waals surface area (Å²) in [6.07, 6.45) is 1.65. The molecule has 0 saturated carbocycles. The topological polar surface area (TPSA) is 76.0 Å². The maximum absolute atomic E-state index is 11.5. The summed E-state index contributed by atoms with van der Waals surface area (Å²) < 4.78 is 5.06. The molecule has 16 heavy (non-hydrogen) atoms. The second kappa shape index (κ2) is 3.03. The van der Waals surface area contributed by atoms with Gasteiger partial charge >= 0.3 is 5.56 Å². The van der Waals surface area contributed by atoms with E-state index in [-0.39, 0.29) is 5.39 Å². The molecule has 0 saturated heterocycles.